The highest BCUT2D eigenvalue weighted by Gasteiger charge is 2.82. The summed E-state index contributed by atoms with van der Waals surface area (Å²) in [4.78, 5) is 12.5. The van der Waals surface area contributed by atoms with Crippen LogP contribution in [-0.2, 0) is 4.79 Å². The van der Waals surface area contributed by atoms with Gasteiger partial charge >= 0.3 is 29.9 Å². The maximum Gasteiger partial charge on any atom is 0.460 e. The molecule has 2 aliphatic rings. The van der Waals surface area contributed by atoms with Crippen LogP contribution in [0.2, 0.25) is 0 Å². The fourth-order valence-corrected chi connectivity index (χ4v) is 5.54. The zero-order chi connectivity index (χ0) is 27.6. The standard InChI is InChI=1S/C26H31F9O2/c1-2-3-16-4-6-17(7-5-16)18-10-14-21(15-11-18)37-22(36)19-8-12-20(13-9-19)23(27,28)24(29,30)25(31,32)26(33,34)35/h10-11,14-17,19-20H,2-9,12-13H2,1H3. The topological polar surface area (TPSA) is 26.3 Å². The average molecular weight is 547 g/mol. The first-order chi connectivity index (χ1) is 17.1. The first-order valence-electron chi connectivity index (χ1n) is 12.6. The highest BCUT2D eigenvalue weighted by atomic mass is 19.4. The first kappa shape index (κ1) is 29.6. The number of carbonyl (C=O) groups excluding carboxylic acids is 1. The summed E-state index contributed by atoms with van der Waals surface area (Å²) in [6, 6.07) is 6.94. The molecule has 0 spiro atoms. The van der Waals surface area contributed by atoms with Crippen LogP contribution >= 0.6 is 0 Å². The minimum absolute atomic E-state index is 0.220. The molecule has 0 atom stereocenters. The zero-order valence-corrected chi connectivity index (χ0v) is 20.4. The number of rotatable bonds is 8. The number of ether oxygens (including phenoxy) is 1. The van der Waals surface area contributed by atoms with E-state index in [1.807, 2.05) is 12.1 Å². The van der Waals surface area contributed by atoms with E-state index < -0.39 is 67.4 Å². The molecular weight excluding hydrogens is 515 g/mol. The molecule has 2 nitrogen and oxygen atoms in total. The van der Waals surface area contributed by atoms with Crippen molar-refractivity contribution in [3.63, 3.8) is 0 Å². The van der Waals surface area contributed by atoms with E-state index in [9.17, 15) is 44.3 Å². The molecule has 37 heavy (non-hydrogen) atoms. The maximum absolute atomic E-state index is 14.2. The summed E-state index contributed by atoms with van der Waals surface area (Å²) in [6.07, 6.45) is -2.41. The van der Waals surface area contributed by atoms with Gasteiger partial charge in [0.05, 0.1) is 5.92 Å². The molecule has 0 heterocycles. The SMILES string of the molecule is CCCC1CCC(c2ccc(OC(=O)C3CCC(C(F)(F)C(F)(F)C(F)(F)C(F)(F)F)CC3)cc2)CC1. The Hall–Kier alpha value is -1.94. The summed E-state index contributed by atoms with van der Waals surface area (Å²) in [6.45, 7) is 2.17. The lowest BCUT2D eigenvalue weighted by Crippen LogP contribution is -2.63. The lowest BCUT2D eigenvalue weighted by atomic mass is 9.76. The van der Waals surface area contributed by atoms with Crippen LogP contribution in [0.15, 0.2) is 24.3 Å². The lowest BCUT2D eigenvalue weighted by Gasteiger charge is -2.39. The molecule has 0 bridgehead atoms. The van der Waals surface area contributed by atoms with E-state index in [0.717, 1.165) is 37.2 Å². The highest BCUT2D eigenvalue weighted by Crippen LogP contribution is 2.57. The Bertz CT molecular complexity index is 896. The first-order valence-corrected chi connectivity index (χ1v) is 12.6. The van der Waals surface area contributed by atoms with Crippen LogP contribution in [-0.4, -0.2) is 29.9 Å². The third-order valence-electron chi connectivity index (χ3n) is 7.86. The van der Waals surface area contributed by atoms with E-state index in [0.29, 0.717) is 5.92 Å². The minimum atomic E-state index is -6.90. The third-order valence-corrected chi connectivity index (χ3v) is 7.86. The summed E-state index contributed by atoms with van der Waals surface area (Å²) in [7, 11) is 0. The maximum atomic E-state index is 14.2. The molecule has 2 saturated carbocycles. The van der Waals surface area contributed by atoms with E-state index >= 15 is 0 Å². The van der Waals surface area contributed by atoms with Gasteiger partial charge in [0.25, 0.3) is 0 Å². The van der Waals surface area contributed by atoms with Crippen molar-refractivity contribution < 1.29 is 49.0 Å². The molecule has 1 aromatic carbocycles. The minimum Gasteiger partial charge on any atom is -0.426 e. The number of hydrogen-bond acceptors (Lipinski definition) is 2. The van der Waals surface area contributed by atoms with Gasteiger partial charge in [0, 0.05) is 5.92 Å². The van der Waals surface area contributed by atoms with Gasteiger partial charge in [-0.05, 0) is 80.9 Å². The summed E-state index contributed by atoms with van der Waals surface area (Å²) in [5.41, 5.74) is 1.12. The molecule has 0 aromatic heterocycles. The second kappa shape index (κ2) is 11.0. The van der Waals surface area contributed by atoms with E-state index in [4.69, 9.17) is 4.74 Å². The molecule has 2 aliphatic carbocycles. The van der Waals surface area contributed by atoms with Crippen LogP contribution in [0.5, 0.6) is 5.75 Å². The largest absolute Gasteiger partial charge is 0.460 e. The molecule has 1 aromatic rings. The molecule has 0 amide bonds. The van der Waals surface area contributed by atoms with Crippen molar-refractivity contribution in [3.8, 4) is 5.75 Å². The smallest absolute Gasteiger partial charge is 0.426 e. The fourth-order valence-electron chi connectivity index (χ4n) is 5.54. The Balaban J connectivity index is 1.54. The second-order valence-electron chi connectivity index (χ2n) is 10.3. The van der Waals surface area contributed by atoms with Crippen molar-refractivity contribution in [1.29, 1.82) is 0 Å². The van der Waals surface area contributed by atoms with E-state index in [2.05, 4.69) is 6.92 Å². The van der Waals surface area contributed by atoms with Gasteiger partial charge in [0.15, 0.2) is 0 Å². The Kier molecular flexibility index (Phi) is 8.84. The average Bonchev–Trinajstić information content (AvgIpc) is 2.84. The molecular formula is C26H31F9O2. The van der Waals surface area contributed by atoms with Gasteiger partial charge < -0.3 is 4.74 Å². The van der Waals surface area contributed by atoms with Gasteiger partial charge in [-0.1, -0.05) is 31.9 Å². The van der Waals surface area contributed by atoms with Crippen molar-refractivity contribution in [1.82, 2.24) is 0 Å². The molecule has 0 aliphatic heterocycles. The summed E-state index contributed by atoms with van der Waals surface area (Å²) in [5, 5.41) is 0. The van der Waals surface area contributed by atoms with Crippen LogP contribution in [0.25, 0.3) is 0 Å². The molecule has 3 rings (SSSR count). The van der Waals surface area contributed by atoms with E-state index in [1.165, 1.54) is 12.8 Å². The number of hydrogen-bond donors (Lipinski definition) is 0. The van der Waals surface area contributed by atoms with Crippen molar-refractivity contribution in [2.75, 3.05) is 0 Å². The summed E-state index contributed by atoms with van der Waals surface area (Å²) in [5.74, 6) is -22.0. The van der Waals surface area contributed by atoms with E-state index in [1.54, 1.807) is 12.1 Å². The van der Waals surface area contributed by atoms with Crippen molar-refractivity contribution in [3.05, 3.63) is 29.8 Å². The summed E-state index contributed by atoms with van der Waals surface area (Å²) < 4.78 is 124. The van der Waals surface area contributed by atoms with Gasteiger partial charge in [0.2, 0.25) is 0 Å². The number of alkyl halides is 9. The normalized spacial score (nSPS) is 26.1. The Morgan fingerprint density at radius 3 is 1.81 bits per heavy atom. The van der Waals surface area contributed by atoms with Crippen molar-refractivity contribution in [2.45, 2.75) is 101 Å². The molecule has 0 radical (unpaired) electrons. The van der Waals surface area contributed by atoms with E-state index in [-0.39, 0.29) is 5.75 Å². The Morgan fingerprint density at radius 1 is 0.784 bits per heavy atom. The van der Waals surface area contributed by atoms with Crippen molar-refractivity contribution >= 4 is 5.97 Å². The van der Waals surface area contributed by atoms with Crippen LogP contribution in [0.3, 0.4) is 0 Å². The quantitative estimate of drug-likeness (QED) is 0.185. The van der Waals surface area contributed by atoms with Crippen LogP contribution in [0, 0.1) is 17.8 Å². The Labute approximate surface area is 209 Å². The molecule has 11 heteroatoms. The number of halogens is 9. The number of benzene rings is 1. The van der Waals surface area contributed by atoms with Crippen molar-refractivity contribution in [2.24, 2.45) is 17.8 Å². The monoisotopic (exact) mass is 546 g/mol. The van der Waals surface area contributed by atoms with Gasteiger partial charge in [-0.3, -0.25) is 4.79 Å². The highest BCUT2D eigenvalue weighted by molar-refractivity contribution is 5.75. The predicted octanol–water partition coefficient (Wildman–Crippen LogP) is 8.94. The molecule has 0 unspecified atom stereocenters. The third kappa shape index (κ3) is 6.05. The van der Waals surface area contributed by atoms with Crippen LogP contribution < -0.4 is 4.74 Å². The fraction of sp³-hybridized carbons (Fsp3) is 0.731. The zero-order valence-electron chi connectivity index (χ0n) is 20.4. The Morgan fingerprint density at radius 2 is 1.32 bits per heavy atom. The van der Waals surface area contributed by atoms with Gasteiger partial charge in [-0.25, -0.2) is 0 Å². The molecule has 0 saturated heterocycles. The molecule has 2 fully saturated rings. The molecule has 0 N–H and O–H groups in total. The lowest BCUT2D eigenvalue weighted by molar-refractivity contribution is -0.404. The van der Waals surface area contributed by atoms with Gasteiger partial charge in [-0.15, -0.1) is 0 Å². The summed E-state index contributed by atoms with van der Waals surface area (Å²) >= 11 is 0. The van der Waals surface area contributed by atoms with Gasteiger partial charge in [-0.2, -0.15) is 39.5 Å². The molecule has 210 valence electrons. The van der Waals surface area contributed by atoms with Crippen LogP contribution in [0.4, 0.5) is 39.5 Å². The number of esters is 1. The number of carbonyl (C=O) groups is 1. The second-order valence-corrected chi connectivity index (χ2v) is 10.3. The van der Waals surface area contributed by atoms with Gasteiger partial charge in [0.1, 0.15) is 5.75 Å². The van der Waals surface area contributed by atoms with Crippen LogP contribution in [0.1, 0.15) is 82.6 Å². The predicted molar refractivity (Wildman–Crippen MR) is 118 cm³/mol.